The van der Waals surface area contributed by atoms with Gasteiger partial charge in [0.25, 0.3) is 0 Å². The van der Waals surface area contributed by atoms with Crippen LogP contribution >= 0.6 is 15.9 Å². The molecule has 1 aliphatic heterocycles. The van der Waals surface area contributed by atoms with Gasteiger partial charge >= 0.3 is 5.97 Å². The summed E-state index contributed by atoms with van der Waals surface area (Å²) >= 11 is 3.39. The molecule has 98 valence electrons. The van der Waals surface area contributed by atoms with Gasteiger partial charge in [0.05, 0.1) is 0 Å². The van der Waals surface area contributed by atoms with E-state index in [2.05, 4.69) is 20.9 Å². The Bertz CT molecular complexity index is 439. The van der Waals surface area contributed by atoms with E-state index >= 15 is 0 Å². The summed E-state index contributed by atoms with van der Waals surface area (Å²) in [5.41, 5.74) is 1.05. The number of aromatic nitrogens is 1. The molecule has 0 radical (unpaired) electrons. The first-order valence-corrected chi connectivity index (χ1v) is 6.93. The molecule has 1 N–H and O–H groups in total. The minimum Gasteiger partial charge on any atom is -0.480 e. The van der Waals surface area contributed by atoms with E-state index in [0.717, 1.165) is 29.4 Å². The van der Waals surface area contributed by atoms with Gasteiger partial charge in [-0.15, -0.1) is 0 Å². The second kappa shape index (κ2) is 5.80. The van der Waals surface area contributed by atoms with Crippen molar-refractivity contribution in [3.05, 3.63) is 28.5 Å². The third kappa shape index (κ3) is 3.09. The summed E-state index contributed by atoms with van der Waals surface area (Å²) < 4.78 is 0.928. The Morgan fingerprint density at radius 3 is 3.06 bits per heavy atom. The van der Waals surface area contributed by atoms with Crippen molar-refractivity contribution in [3.8, 4) is 0 Å². The molecule has 1 saturated heterocycles. The van der Waals surface area contributed by atoms with Crippen molar-refractivity contribution in [1.29, 1.82) is 0 Å². The van der Waals surface area contributed by atoms with Crippen molar-refractivity contribution in [2.75, 3.05) is 6.54 Å². The van der Waals surface area contributed by atoms with Crippen LogP contribution in [0, 0.1) is 5.92 Å². The summed E-state index contributed by atoms with van der Waals surface area (Å²) in [5, 5.41) is 9.35. The van der Waals surface area contributed by atoms with Crippen molar-refractivity contribution >= 4 is 21.9 Å². The van der Waals surface area contributed by atoms with Crippen LogP contribution in [0.1, 0.15) is 25.3 Å². The van der Waals surface area contributed by atoms with Crippen LogP contribution in [0.15, 0.2) is 22.9 Å². The highest BCUT2D eigenvalue weighted by Gasteiger charge is 2.33. The highest BCUT2D eigenvalue weighted by molar-refractivity contribution is 9.10. The largest absolute Gasteiger partial charge is 0.480 e. The van der Waals surface area contributed by atoms with E-state index in [0.29, 0.717) is 6.54 Å². The number of carboxylic acids is 1. The Hall–Kier alpha value is -0.940. The lowest BCUT2D eigenvalue weighted by molar-refractivity contribution is -0.147. The number of carbonyl (C=O) groups is 1. The van der Waals surface area contributed by atoms with Crippen molar-refractivity contribution in [1.82, 2.24) is 9.88 Å². The molecule has 18 heavy (non-hydrogen) atoms. The monoisotopic (exact) mass is 312 g/mol. The maximum Gasteiger partial charge on any atom is 0.321 e. The number of piperidine rings is 1. The van der Waals surface area contributed by atoms with Gasteiger partial charge in [0, 0.05) is 23.4 Å². The fourth-order valence-electron chi connectivity index (χ4n) is 2.63. The molecule has 0 aromatic carbocycles. The maximum absolute atomic E-state index is 11.4. The minimum atomic E-state index is -0.717. The summed E-state index contributed by atoms with van der Waals surface area (Å²) in [5.74, 6) is -0.512. The first-order chi connectivity index (χ1) is 8.58. The average Bonchev–Trinajstić information content (AvgIpc) is 2.28. The molecule has 2 unspecified atom stereocenters. The van der Waals surface area contributed by atoms with Crippen LogP contribution in [-0.2, 0) is 11.3 Å². The molecule has 2 rings (SSSR count). The molecule has 5 heteroatoms. The number of aliphatic carboxylic acids is 1. The van der Waals surface area contributed by atoms with E-state index in [1.807, 2.05) is 17.9 Å². The Balaban J connectivity index is 2.13. The quantitative estimate of drug-likeness (QED) is 0.932. The summed E-state index contributed by atoms with van der Waals surface area (Å²) in [6.07, 6.45) is 5.58. The molecular weight excluding hydrogens is 296 g/mol. The van der Waals surface area contributed by atoms with E-state index in [1.54, 1.807) is 12.4 Å². The number of rotatable bonds is 3. The zero-order chi connectivity index (χ0) is 13.1. The summed E-state index contributed by atoms with van der Waals surface area (Å²) in [6, 6.07) is 1.61. The number of likely N-dealkylation sites (tertiary alicyclic amines) is 1. The van der Waals surface area contributed by atoms with Crippen LogP contribution in [-0.4, -0.2) is 33.5 Å². The summed E-state index contributed by atoms with van der Waals surface area (Å²) in [6.45, 7) is 3.51. The van der Waals surface area contributed by atoms with Crippen LogP contribution in [0.3, 0.4) is 0 Å². The van der Waals surface area contributed by atoms with E-state index in [-0.39, 0.29) is 12.0 Å². The molecule has 2 atom stereocenters. The normalized spacial score (nSPS) is 25.0. The lowest BCUT2D eigenvalue weighted by Gasteiger charge is -2.37. The van der Waals surface area contributed by atoms with Gasteiger partial charge in [-0.05, 0) is 52.9 Å². The van der Waals surface area contributed by atoms with Gasteiger partial charge in [0.15, 0.2) is 0 Å². The molecule has 0 spiro atoms. The van der Waals surface area contributed by atoms with Crippen LogP contribution in [0.2, 0.25) is 0 Å². The zero-order valence-electron chi connectivity index (χ0n) is 10.3. The predicted molar refractivity (Wildman–Crippen MR) is 72.2 cm³/mol. The van der Waals surface area contributed by atoms with Crippen LogP contribution < -0.4 is 0 Å². The van der Waals surface area contributed by atoms with Crippen molar-refractivity contribution in [2.24, 2.45) is 5.92 Å². The van der Waals surface area contributed by atoms with E-state index < -0.39 is 5.97 Å². The topological polar surface area (TPSA) is 53.4 Å². The number of pyridine rings is 1. The first-order valence-electron chi connectivity index (χ1n) is 6.14. The highest BCUT2D eigenvalue weighted by atomic mass is 79.9. The number of halogens is 1. The predicted octanol–water partition coefficient (Wildman–Crippen LogP) is 2.53. The standard InChI is InChI=1S/C13H17BrN2O2/c1-9-3-2-4-16(12(9)13(17)18)8-10-5-11(14)7-15-6-10/h5-7,9,12H,2-4,8H2,1H3,(H,17,18). The summed E-state index contributed by atoms with van der Waals surface area (Å²) in [7, 11) is 0. The van der Waals surface area contributed by atoms with Crippen LogP contribution in [0.5, 0.6) is 0 Å². The Morgan fingerprint density at radius 2 is 2.39 bits per heavy atom. The number of carboxylic acid groups (broad SMARTS) is 1. The van der Waals surface area contributed by atoms with Gasteiger partial charge in [-0.25, -0.2) is 0 Å². The molecule has 2 heterocycles. The van der Waals surface area contributed by atoms with Gasteiger partial charge in [0.2, 0.25) is 0 Å². The van der Waals surface area contributed by atoms with Crippen molar-refractivity contribution < 1.29 is 9.90 Å². The Labute approximate surface area is 115 Å². The second-order valence-electron chi connectivity index (χ2n) is 4.88. The molecule has 1 aliphatic rings. The van der Waals surface area contributed by atoms with Crippen LogP contribution in [0.4, 0.5) is 0 Å². The minimum absolute atomic E-state index is 0.205. The third-order valence-electron chi connectivity index (χ3n) is 3.44. The van der Waals surface area contributed by atoms with Gasteiger partial charge in [0.1, 0.15) is 6.04 Å². The van der Waals surface area contributed by atoms with E-state index in [1.165, 1.54) is 0 Å². The molecule has 0 amide bonds. The molecule has 1 aromatic heterocycles. The fourth-order valence-corrected chi connectivity index (χ4v) is 3.04. The van der Waals surface area contributed by atoms with Gasteiger partial charge < -0.3 is 5.11 Å². The number of hydrogen-bond donors (Lipinski definition) is 1. The molecule has 0 bridgehead atoms. The lowest BCUT2D eigenvalue weighted by atomic mass is 9.90. The Morgan fingerprint density at radius 1 is 1.61 bits per heavy atom. The Kier molecular flexibility index (Phi) is 4.35. The lowest BCUT2D eigenvalue weighted by Crippen LogP contribution is -2.48. The molecule has 0 saturated carbocycles. The van der Waals surface area contributed by atoms with Crippen molar-refractivity contribution in [3.63, 3.8) is 0 Å². The zero-order valence-corrected chi connectivity index (χ0v) is 11.9. The second-order valence-corrected chi connectivity index (χ2v) is 5.80. The molecule has 0 aliphatic carbocycles. The molecular formula is C13H17BrN2O2. The van der Waals surface area contributed by atoms with Gasteiger partial charge in [-0.1, -0.05) is 6.92 Å². The molecule has 1 aromatic rings. The smallest absolute Gasteiger partial charge is 0.321 e. The number of nitrogens with zero attached hydrogens (tertiary/aromatic N) is 2. The molecule has 1 fully saturated rings. The van der Waals surface area contributed by atoms with Crippen LogP contribution in [0.25, 0.3) is 0 Å². The van der Waals surface area contributed by atoms with Gasteiger partial charge in [-0.3, -0.25) is 14.7 Å². The average molecular weight is 313 g/mol. The highest BCUT2D eigenvalue weighted by Crippen LogP contribution is 2.25. The van der Waals surface area contributed by atoms with E-state index in [9.17, 15) is 9.90 Å². The van der Waals surface area contributed by atoms with Gasteiger partial charge in [-0.2, -0.15) is 0 Å². The fraction of sp³-hybridized carbons (Fsp3) is 0.538. The number of hydrogen-bond acceptors (Lipinski definition) is 3. The van der Waals surface area contributed by atoms with E-state index in [4.69, 9.17) is 0 Å². The maximum atomic E-state index is 11.4. The molecule has 4 nitrogen and oxygen atoms in total. The SMILES string of the molecule is CC1CCCN(Cc2cncc(Br)c2)C1C(=O)O. The first kappa shape index (κ1) is 13.5. The van der Waals surface area contributed by atoms with Crippen molar-refractivity contribution in [2.45, 2.75) is 32.4 Å². The summed E-state index contributed by atoms with van der Waals surface area (Å²) in [4.78, 5) is 17.5. The third-order valence-corrected chi connectivity index (χ3v) is 3.87.